The van der Waals surface area contributed by atoms with Crippen LogP contribution in [0, 0.1) is 12.7 Å². The number of aryl methyl sites for hydroxylation is 1. The second-order valence-corrected chi connectivity index (χ2v) is 6.93. The quantitative estimate of drug-likeness (QED) is 0.331. The molecule has 2 aromatic heterocycles. The number of nitrogens with one attached hydrogen (secondary N) is 1. The maximum atomic E-state index is 14.3. The minimum Gasteiger partial charge on any atom is -0.352 e. The Morgan fingerprint density at radius 1 is 1.41 bits per heavy atom. The van der Waals surface area contributed by atoms with Gasteiger partial charge in [-0.05, 0) is 24.6 Å². The summed E-state index contributed by atoms with van der Waals surface area (Å²) in [5.74, 6) is 0.443. The highest BCUT2D eigenvalue weighted by Gasteiger charge is 2.10. The SMILES string of the molecule is CN=C(NCc1ccc(-n2ccnc2)c(F)c1)N(C)Cc1csc(C)n1.I. The summed E-state index contributed by atoms with van der Waals surface area (Å²) in [6.45, 7) is 3.13. The van der Waals surface area contributed by atoms with Crippen molar-refractivity contribution in [3.8, 4) is 5.69 Å². The van der Waals surface area contributed by atoms with Crippen molar-refractivity contribution in [1.29, 1.82) is 0 Å². The van der Waals surface area contributed by atoms with E-state index in [9.17, 15) is 4.39 Å². The van der Waals surface area contributed by atoms with E-state index in [0.717, 1.165) is 22.2 Å². The second-order valence-electron chi connectivity index (χ2n) is 5.87. The van der Waals surface area contributed by atoms with Crippen LogP contribution in [0.4, 0.5) is 4.39 Å². The lowest BCUT2D eigenvalue weighted by atomic mass is 10.2. The lowest BCUT2D eigenvalue weighted by Crippen LogP contribution is -2.38. The smallest absolute Gasteiger partial charge is 0.194 e. The lowest BCUT2D eigenvalue weighted by molar-refractivity contribution is 0.470. The molecule has 144 valence electrons. The molecule has 0 spiro atoms. The molecule has 0 unspecified atom stereocenters. The number of rotatable bonds is 5. The fourth-order valence-corrected chi connectivity index (χ4v) is 3.24. The molecule has 0 atom stereocenters. The average Bonchev–Trinajstić information content (AvgIpc) is 3.27. The Labute approximate surface area is 179 Å². The zero-order valence-electron chi connectivity index (χ0n) is 15.4. The third-order valence-corrected chi connectivity index (χ3v) is 4.71. The van der Waals surface area contributed by atoms with Gasteiger partial charge < -0.3 is 14.8 Å². The standard InChI is InChI=1S/C18H21FN6S.HI/c1-13-23-15(11-26-13)10-24(3)18(20-2)22-9-14-4-5-17(16(19)8-14)25-7-6-21-12-25;/h4-8,11-12H,9-10H2,1-3H3,(H,20,22);1H. The van der Waals surface area contributed by atoms with Crippen LogP contribution in [0.3, 0.4) is 0 Å². The van der Waals surface area contributed by atoms with Gasteiger partial charge in [0, 0.05) is 38.4 Å². The van der Waals surface area contributed by atoms with Gasteiger partial charge in [0.05, 0.1) is 29.3 Å². The Hall–Kier alpha value is -2.01. The van der Waals surface area contributed by atoms with Gasteiger partial charge in [-0.15, -0.1) is 35.3 Å². The van der Waals surface area contributed by atoms with E-state index >= 15 is 0 Å². The van der Waals surface area contributed by atoms with Gasteiger partial charge in [0.1, 0.15) is 5.82 Å². The lowest BCUT2D eigenvalue weighted by Gasteiger charge is -2.21. The molecule has 1 aromatic carbocycles. The van der Waals surface area contributed by atoms with E-state index in [1.54, 1.807) is 47.7 Å². The summed E-state index contributed by atoms with van der Waals surface area (Å²) in [5, 5.41) is 6.35. The van der Waals surface area contributed by atoms with E-state index in [1.807, 2.05) is 30.3 Å². The topological polar surface area (TPSA) is 58.3 Å². The molecule has 27 heavy (non-hydrogen) atoms. The maximum Gasteiger partial charge on any atom is 0.194 e. The minimum atomic E-state index is -0.288. The molecule has 0 saturated carbocycles. The van der Waals surface area contributed by atoms with Crippen molar-refractivity contribution in [3.63, 3.8) is 0 Å². The van der Waals surface area contributed by atoms with Crippen LogP contribution in [-0.4, -0.2) is 39.5 Å². The first-order valence-corrected chi connectivity index (χ1v) is 9.04. The molecule has 1 N–H and O–H groups in total. The normalized spacial score (nSPS) is 11.2. The molecule has 0 amide bonds. The first kappa shape index (κ1) is 21.3. The van der Waals surface area contributed by atoms with Gasteiger partial charge in [-0.1, -0.05) is 6.07 Å². The van der Waals surface area contributed by atoms with Crippen molar-refractivity contribution < 1.29 is 4.39 Å². The number of hydrogen-bond acceptors (Lipinski definition) is 4. The third kappa shape index (κ3) is 5.48. The number of imidazole rings is 1. The molecule has 2 heterocycles. The van der Waals surface area contributed by atoms with Crippen molar-refractivity contribution >= 4 is 41.3 Å². The number of benzene rings is 1. The van der Waals surface area contributed by atoms with Crippen molar-refractivity contribution in [2.24, 2.45) is 4.99 Å². The summed E-state index contributed by atoms with van der Waals surface area (Å²) < 4.78 is 16.0. The highest BCUT2D eigenvalue weighted by Crippen LogP contribution is 2.15. The predicted molar refractivity (Wildman–Crippen MR) is 117 cm³/mol. The second kappa shape index (κ2) is 9.79. The van der Waals surface area contributed by atoms with E-state index in [1.165, 1.54) is 6.07 Å². The van der Waals surface area contributed by atoms with Crippen LogP contribution in [0.2, 0.25) is 0 Å². The van der Waals surface area contributed by atoms with E-state index in [0.29, 0.717) is 18.8 Å². The van der Waals surface area contributed by atoms with Crippen LogP contribution in [-0.2, 0) is 13.1 Å². The molecule has 0 fully saturated rings. The summed E-state index contributed by atoms with van der Waals surface area (Å²) in [4.78, 5) is 14.7. The molecule has 0 aliphatic carbocycles. The molecule has 6 nitrogen and oxygen atoms in total. The molecule has 0 radical (unpaired) electrons. The Balaban J connectivity index is 0.00000261. The van der Waals surface area contributed by atoms with E-state index in [4.69, 9.17) is 0 Å². The first-order chi connectivity index (χ1) is 12.6. The van der Waals surface area contributed by atoms with Gasteiger partial charge in [-0.25, -0.2) is 14.4 Å². The molecule has 3 aromatic rings. The predicted octanol–water partition coefficient (Wildman–Crippen LogP) is 3.60. The largest absolute Gasteiger partial charge is 0.352 e. The number of aliphatic imine (C=N–C) groups is 1. The zero-order valence-corrected chi connectivity index (χ0v) is 18.5. The van der Waals surface area contributed by atoms with Crippen LogP contribution in [0.1, 0.15) is 16.3 Å². The molecular weight excluding hydrogens is 478 g/mol. The van der Waals surface area contributed by atoms with Gasteiger partial charge in [0.2, 0.25) is 0 Å². The summed E-state index contributed by atoms with van der Waals surface area (Å²) in [6.07, 6.45) is 4.92. The number of halogens is 2. The minimum absolute atomic E-state index is 0. The average molecular weight is 500 g/mol. The van der Waals surface area contributed by atoms with Crippen molar-refractivity contribution in [2.45, 2.75) is 20.0 Å². The number of guanidine groups is 1. The number of thiazole rings is 1. The molecular formula is C18H22FIN6S. The fourth-order valence-electron chi connectivity index (χ4n) is 2.64. The Morgan fingerprint density at radius 3 is 2.81 bits per heavy atom. The molecule has 0 aliphatic heterocycles. The van der Waals surface area contributed by atoms with Crippen LogP contribution in [0.25, 0.3) is 5.69 Å². The number of nitrogens with zero attached hydrogens (tertiary/aromatic N) is 5. The Bertz CT molecular complexity index is 893. The third-order valence-electron chi connectivity index (χ3n) is 3.88. The summed E-state index contributed by atoms with van der Waals surface area (Å²) in [7, 11) is 3.68. The first-order valence-electron chi connectivity index (χ1n) is 8.16. The summed E-state index contributed by atoms with van der Waals surface area (Å²) in [6, 6.07) is 5.17. The Morgan fingerprint density at radius 2 is 2.22 bits per heavy atom. The van der Waals surface area contributed by atoms with E-state index < -0.39 is 0 Å². The van der Waals surface area contributed by atoms with Gasteiger partial charge >= 0.3 is 0 Å². The van der Waals surface area contributed by atoms with Crippen molar-refractivity contribution in [2.75, 3.05) is 14.1 Å². The van der Waals surface area contributed by atoms with E-state index in [2.05, 4.69) is 20.3 Å². The highest BCUT2D eigenvalue weighted by molar-refractivity contribution is 14.0. The van der Waals surface area contributed by atoms with Crippen LogP contribution >= 0.6 is 35.3 Å². The van der Waals surface area contributed by atoms with Crippen LogP contribution in [0.5, 0.6) is 0 Å². The molecule has 0 aliphatic rings. The monoisotopic (exact) mass is 500 g/mol. The van der Waals surface area contributed by atoms with Crippen LogP contribution in [0.15, 0.2) is 47.3 Å². The molecule has 3 rings (SSSR count). The molecule has 0 bridgehead atoms. The molecule has 0 saturated heterocycles. The van der Waals surface area contributed by atoms with Crippen LogP contribution < -0.4 is 5.32 Å². The summed E-state index contributed by atoms with van der Waals surface area (Å²) in [5.41, 5.74) is 2.32. The van der Waals surface area contributed by atoms with Gasteiger partial charge in [-0.2, -0.15) is 0 Å². The van der Waals surface area contributed by atoms with Crippen molar-refractivity contribution in [3.05, 3.63) is 64.4 Å². The van der Waals surface area contributed by atoms with E-state index in [-0.39, 0.29) is 29.8 Å². The van der Waals surface area contributed by atoms with Gasteiger partial charge in [-0.3, -0.25) is 4.99 Å². The number of hydrogen-bond donors (Lipinski definition) is 1. The zero-order chi connectivity index (χ0) is 18.5. The highest BCUT2D eigenvalue weighted by atomic mass is 127. The number of aromatic nitrogens is 3. The van der Waals surface area contributed by atoms with Gasteiger partial charge in [0.25, 0.3) is 0 Å². The molecule has 9 heteroatoms. The Kier molecular flexibility index (Phi) is 7.72. The maximum absolute atomic E-state index is 14.3. The fraction of sp³-hybridized carbons (Fsp3) is 0.278. The van der Waals surface area contributed by atoms with Crippen molar-refractivity contribution in [1.82, 2.24) is 24.8 Å². The van der Waals surface area contributed by atoms with Gasteiger partial charge in [0.15, 0.2) is 5.96 Å². The summed E-state index contributed by atoms with van der Waals surface area (Å²) >= 11 is 1.63.